The van der Waals surface area contributed by atoms with Crippen molar-refractivity contribution in [1.82, 2.24) is 0 Å². The molecule has 2 nitrogen and oxygen atoms in total. The van der Waals surface area contributed by atoms with Gasteiger partial charge in [-0.1, -0.05) is 13.3 Å². The lowest BCUT2D eigenvalue weighted by atomic mass is 9.80. The summed E-state index contributed by atoms with van der Waals surface area (Å²) in [6.45, 7) is 1.44. The Labute approximate surface area is 93.4 Å². The van der Waals surface area contributed by atoms with Crippen molar-refractivity contribution in [2.75, 3.05) is 0 Å². The standard InChI is InChI=1S/C10H9F5O2/c1-2-3-4-5(11)6(12)7(13)8(14)10(4,15)9(16)17/h4H,2-3H2,1H3,(H,16,17). The molecule has 0 aromatic heterocycles. The Bertz CT molecular complexity index is 415. The summed E-state index contributed by atoms with van der Waals surface area (Å²) < 4.78 is 66.0. The van der Waals surface area contributed by atoms with Gasteiger partial charge in [0.15, 0.2) is 17.5 Å². The Morgan fingerprint density at radius 2 is 1.82 bits per heavy atom. The molecule has 0 saturated heterocycles. The Morgan fingerprint density at radius 1 is 1.29 bits per heavy atom. The van der Waals surface area contributed by atoms with Crippen molar-refractivity contribution in [3.63, 3.8) is 0 Å². The third-order valence-electron chi connectivity index (χ3n) is 2.59. The second-order valence-corrected chi connectivity index (χ2v) is 3.65. The second kappa shape index (κ2) is 4.46. The van der Waals surface area contributed by atoms with E-state index < -0.39 is 47.3 Å². The van der Waals surface area contributed by atoms with Crippen LogP contribution in [0.5, 0.6) is 0 Å². The van der Waals surface area contributed by atoms with Crippen molar-refractivity contribution in [3.8, 4) is 0 Å². The van der Waals surface area contributed by atoms with E-state index in [1.54, 1.807) is 0 Å². The largest absolute Gasteiger partial charge is 0.479 e. The predicted molar refractivity (Wildman–Crippen MR) is 48.4 cm³/mol. The normalized spacial score (nSPS) is 29.9. The number of alkyl halides is 1. The fourth-order valence-electron chi connectivity index (χ4n) is 1.70. The molecule has 0 spiro atoms. The van der Waals surface area contributed by atoms with Crippen LogP contribution < -0.4 is 0 Å². The summed E-state index contributed by atoms with van der Waals surface area (Å²) in [6, 6.07) is 0. The number of allylic oxidation sites excluding steroid dienone is 3. The number of rotatable bonds is 3. The fraction of sp³-hybridized carbons (Fsp3) is 0.500. The molecule has 0 bridgehead atoms. The van der Waals surface area contributed by atoms with Crippen molar-refractivity contribution < 1.29 is 31.9 Å². The van der Waals surface area contributed by atoms with Gasteiger partial charge in [0.05, 0.1) is 5.92 Å². The molecule has 0 aliphatic heterocycles. The van der Waals surface area contributed by atoms with Gasteiger partial charge in [-0.2, -0.15) is 0 Å². The molecule has 0 amide bonds. The molecule has 1 aliphatic rings. The molecule has 1 aliphatic carbocycles. The quantitative estimate of drug-likeness (QED) is 0.784. The van der Waals surface area contributed by atoms with Gasteiger partial charge < -0.3 is 5.11 Å². The van der Waals surface area contributed by atoms with Crippen molar-refractivity contribution in [2.24, 2.45) is 5.92 Å². The van der Waals surface area contributed by atoms with Gasteiger partial charge in [-0.3, -0.25) is 0 Å². The molecular weight excluding hydrogens is 247 g/mol. The number of halogens is 5. The minimum atomic E-state index is -3.89. The molecule has 0 aromatic carbocycles. The molecule has 0 heterocycles. The second-order valence-electron chi connectivity index (χ2n) is 3.65. The lowest BCUT2D eigenvalue weighted by molar-refractivity contribution is -0.153. The van der Waals surface area contributed by atoms with Gasteiger partial charge in [-0.15, -0.1) is 0 Å². The molecule has 96 valence electrons. The maximum absolute atomic E-state index is 13.9. The fourth-order valence-corrected chi connectivity index (χ4v) is 1.70. The minimum Gasteiger partial charge on any atom is -0.479 e. The van der Waals surface area contributed by atoms with Gasteiger partial charge in [0.25, 0.3) is 5.67 Å². The van der Waals surface area contributed by atoms with Crippen LogP contribution in [0.2, 0.25) is 0 Å². The highest BCUT2D eigenvalue weighted by Crippen LogP contribution is 2.48. The van der Waals surface area contributed by atoms with Gasteiger partial charge in [0.1, 0.15) is 5.83 Å². The van der Waals surface area contributed by atoms with Gasteiger partial charge in [-0.25, -0.2) is 26.7 Å². The summed E-state index contributed by atoms with van der Waals surface area (Å²) in [5.74, 6) is -13.5. The Morgan fingerprint density at radius 3 is 2.24 bits per heavy atom. The Hall–Kier alpha value is -1.40. The lowest BCUT2D eigenvalue weighted by Crippen LogP contribution is -2.45. The van der Waals surface area contributed by atoms with Gasteiger partial charge in [0.2, 0.25) is 0 Å². The van der Waals surface area contributed by atoms with Crippen molar-refractivity contribution in [3.05, 3.63) is 23.3 Å². The third kappa shape index (κ3) is 1.83. The highest BCUT2D eigenvalue weighted by Gasteiger charge is 2.58. The molecule has 2 atom stereocenters. The molecule has 1 rings (SSSR count). The smallest absolute Gasteiger partial charge is 0.349 e. The summed E-state index contributed by atoms with van der Waals surface area (Å²) >= 11 is 0. The zero-order valence-corrected chi connectivity index (χ0v) is 8.74. The first kappa shape index (κ1) is 13.7. The molecule has 7 heteroatoms. The topological polar surface area (TPSA) is 37.3 Å². The number of hydrogen-bond donors (Lipinski definition) is 1. The molecule has 17 heavy (non-hydrogen) atoms. The van der Waals surface area contributed by atoms with Crippen LogP contribution in [0.3, 0.4) is 0 Å². The zero-order chi connectivity index (χ0) is 13.4. The number of aliphatic carboxylic acids is 1. The highest BCUT2D eigenvalue weighted by atomic mass is 19.2. The average molecular weight is 256 g/mol. The first-order valence-electron chi connectivity index (χ1n) is 4.82. The zero-order valence-electron chi connectivity index (χ0n) is 8.74. The molecular formula is C10H9F5O2. The van der Waals surface area contributed by atoms with Crippen molar-refractivity contribution in [1.29, 1.82) is 0 Å². The Balaban J connectivity index is 3.43. The van der Waals surface area contributed by atoms with Crippen LogP contribution in [0.25, 0.3) is 0 Å². The van der Waals surface area contributed by atoms with Gasteiger partial charge >= 0.3 is 5.97 Å². The molecule has 1 N–H and O–H groups in total. The highest BCUT2D eigenvalue weighted by molar-refractivity contribution is 5.83. The molecule has 0 saturated carbocycles. The van der Waals surface area contributed by atoms with Gasteiger partial charge in [-0.05, 0) is 6.42 Å². The van der Waals surface area contributed by atoms with E-state index >= 15 is 0 Å². The van der Waals surface area contributed by atoms with E-state index in [0.717, 1.165) is 0 Å². The average Bonchev–Trinajstić information content (AvgIpc) is 2.29. The number of carboxylic acid groups (broad SMARTS) is 1. The van der Waals surface area contributed by atoms with Crippen LogP contribution in [-0.4, -0.2) is 16.7 Å². The lowest BCUT2D eigenvalue weighted by Gasteiger charge is -2.30. The van der Waals surface area contributed by atoms with Crippen LogP contribution in [0.4, 0.5) is 22.0 Å². The van der Waals surface area contributed by atoms with Crippen LogP contribution >= 0.6 is 0 Å². The molecule has 0 radical (unpaired) electrons. The number of hydrogen-bond acceptors (Lipinski definition) is 1. The molecule has 0 fully saturated rings. The Kier molecular flexibility index (Phi) is 3.59. The third-order valence-corrected chi connectivity index (χ3v) is 2.59. The maximum atomic E-state index is 13.9. The van der Waals surface area contributed by atoms with E-state index in [2.05, 4.69) is 0 Å². The predicted octanol–water partition coefficient (Wildman–Crippen LogP) is 3.51. The SMILES string of the molecule is CCCC1C(F)=C(F)C(F)=C(F)C1(F)C(=O)O. The summed E-state index contributed by atoms with van der Waals surface area (Å²) in [5, 5.41) is 8.56. The molecule has 2 unspecified atom stereocenters. The number of carbonyl (C=O) groups is 1. The monoisotopic (exact) mass is 256 g/mol. The van der Waals surface area contributed by atoms with Gasteiger partial charge in [0, 0.05) is 0 Å². The van der Waals surface area contributed by atoms with Crippen molar-refractivity contribution >= 4 is 5.97 Å². The maximum Gasteiger partial charge on any atom is 0.349 e. The number of carboxylic acids is 1. The summed E-state index contributed by atoms with van der Waals surface area (Å²) in [5.41, 5.74) is -3.89. The first-order chi connectivity index (χ1) is 7.78. The summed E-state index contributed by atoms with van der Waals surface area (Å²) in [7, 11) is 0. The molecule has 0 aromatic rings. The van der Waals surface area contributed by atoms with Crippen LogP contribution in [0.15, 0.2) is 23.3 Å². The first-order valence-corrected chi connectivity index (χ1v) is 4.82. The van der Waals surface area contributed by atoms with E-state index in [1.807, 2.05) is 0 Å². The summed E-state index contributed by atoms with van der Waals surface area (Å²) in [6.07, 6.45) is -0.373. The van der Waals surface area contributed by atoms with Crippen molar-refractivity contribution in [2.45, 2.75) is 25.4 Å². The van der Waals surface area contributed by atoms with Crippen LogP contribution in [0, 0.1) is 5.92 Å². The van der Waals surface area contributed by atoms with E-state index in [9.17, 15) is 26.7 Å². The van der Waals surface area contributed by atoms with E-state index in [4.69, 9.17) is 5.11 Å². The summed E-state index contributed by atoms with van der Waals surface area (Å²) in [4.78, 5) is 10.6. The van der Waals surface area contributed by atoms with E-state index in [0.29, 0.717) is 0 Å². The van der Waals surface area contributed by atoms with E-state index in [1.165, 1.54) is 6.92 Å². The van der Waals surface area contributed by atoms with Crippen LogP contribution in [0.1, 0.15) is 19.8 Å². The van der Waals surface area contributed by atoms with E-state index in [-0.39, 0.29) is 6.42 Å². The minimum absolute atomic E-state index is 0.0826. The van der Waals surface area contributed by atoms with Crippen LogP contribution in [-0.2, 0) is 4.79 Å².